The summed E-state index contributed by atoms with van der Waals surface area (Å²) in [6.45, 7) is 15.3. The number of nitrogens with zero attached hydrogens (tertiary/aromatic N) is 7. The molecule has 2 aromatic carbocycles. The molecule has 8 atom stereocenters. The number of ether oxygens (including phenoxy) is 4. The Morgan fingerprint density at radius 2 is 1.39 bits per heavy atom. The van der Waals surface area contributed by atoms with Crippen LogP contribution >= 0.6 is 0 Å². The summed E-state index contributed by atoms with van der Waals surface area (Å²) in [6, 6.07) is 10.6. The van der Waals surface area contributed by atoms with E-state index in [0.717, 1.165) is 94.1 Å². The van der Waals surface area contributed by atoms with Gasteiger partial charge in [0.15, 0.2) is 11.4 Å². The SMILES string of the molecule is CC#C[C@]12CC[C@H]3[C@@H]4CCC5=CC(=O)CCC5=C4[C@@H](c4ccc(N(C)CCCC(=O)N5CCN(C(=O)OC(C)(C)C)CC5C(=O)N5CCN(C(=O)OC(C)(C)C)CC5C(=O)N(C)CCCCCCOCCCCCCNc5cccc6c5C(=O)N(C5CCC(=O)NC5=O)C6=O)cc4)C[C@@]31O2. The molecule has 0 aromatic heterocycles. The van der Waals surface area contributed by atoms with Crippen LogP contribution in [0, 0.1) is 23.7 Å². The molecule has 3 unspecified atom stereocenters. The molecule has 9 aliphatic rings. The van der Waals surface area contributed by atoms with Crippen molar-refractivity contribution in [3.63, 3.8) is 0 Å². The van der Waals surface area contributed by atoms with E-state index < -0.39 is 71.1 Å². The van der Waals surface area contributed by atoms with E-state index in [1.54, 1.807) is 76.6 Å². The van der Waals surface area contributed by atoms with E-state index in [1.807, 2.05) is 20.0 Å². The molecule has 2 saturated carbocycles. The lowest BCUT2D eigenvalue weighted by atomic mass is 9.57. The van der Waals surface area contributed by atoms with Gasteiger partial charge in [-0.15, -0.1) is 5.92 Å². The minimum atomic E-state index is -1.13. The number of likely N-dealkylation sites (N-methyl/N-ethyl adjacent to an activating group) is 1. The highest BCUT2D eigenvalue weighted by Gasteiger charge is 2.79. The fraction of sp³-hybridized carbons (Fsp3) is 0.636. The normalized spacial score (nSPS) is 25.6. The van der Waals surface area contributed by atoms with E-state index in [4.69, 9.17) is 18.9 Å². The number of piperidine rings is 1. The Bertz CT molecular complexity index is 3640. The summed E-state index contributed by atoms with van der Waals surface area (Å²) in [5.74, 6) is 4.65. The van der Waals surface area contributed by atoms with Gasteiger partial charge in [0.25, 0.3) is 11.8 Å². The second-order valence-corrected chi connectivity index (χ2v) is 30.7. The number of fused-ring (bicyclic) bond motifs is 4. The molecule has 23 heteroatoms. The lowest BCUT2D eigenvalue weighted by Gasteiger charge is -2.46. The molecule has 540 valence electrons. The summed E-state index contributed by atoms with van der Waals surface area (Å²) >= 11 is 0. The summed E-state index contributed by atoms with van der Waals surface area (Å²) in [5, 5.41) is 5.53. The molecule has 11 rings (SSSR count). The fourth-order valence-corrected chi connectivity index (χ4v) is 16.8. The van der Waals surface area contributed by atoms with Crippen molar-refractivity contribution < 1.29 is 66.9 Å². The van der Waals surface area contributed by atoms with Crippen LogP contribution in [0.1, 0.15) is 203 Å². The molecule has 0 bridgehead atoms. The minimum Gasteiger partial charge on any atom is -0.444 e. The van der Waals surface area contributed by atoms with Crippen molar-refractivity contribution in [2.75, 3.05) is 96.4 Å². The monoisotopic (exact) mass is 1380 g/mol. The van der Waals surface area contributed by atoms with Crippen LogP contribution in [-0.2, 0) is 47.7 Å². The van der Waals surface area contributed by atoms with Crippen molar-refractivity contribution in [1.82, 2.24) is 34.7 Å². The summed E-state index contributed by atoms with van der Waals surface area (Å²) in [4.78, 5) is 146. The van der Waals surface area contributed by atoms with Crippen molar-refractivity contribution in [1.29, 1.82) is 0 Å². The van der Waals surface area contributed by atoms with E-state index in [-0.39, 0.29) is 104 Å². The van der Waals surface area contributed by atoms with Gasteiger partial charge in [-0.3, -0.25) is 48.6 Å². The topological polar surface area (TPSA) is 258 Å². The smallest absolute Gasteiger partial charge is 0.410 e. The number of carbonyl (C=O) groups excluding carboxylic acids is 10. The van der Waals surface area contributed by atoms with E-state index in [2.05, 4.69) is 51.6 Å². The maximum absolute atomic E-state index is 15.4. The van der Waals surface area contributed by atoms with Gasteiger partial charge in [-0.05, 0) is 184 Å². The van der Waals surface area contributed by atoms with Gasteiger partial charge < -0.3 is 53.7 Å². The van der Waals surface area contributed by atoms with Crippen LogP contribution in [0.2, 0.25) is 0 Å². The molecule has 4 aliphatic carbocycles. The molecule has 2 aromatic rings. The van der Waals surface area contributed by atoms with Gasteiger partial charge in [0.1, 0.15) is 34.9 Å². The van der Waals surface area contributed by atoms with Gasteiger partial charge in [0.05, 0.1) is 24.2 Å². The number of carbonyl (C=O) groups is 10. The predicted octanol–water partition coefficient (Wildman–Crippen LogP) is 9.33. The molecule has 4 saturated heterocycles. The minimum absolute atomic E-state index is 0.00419. The Labute approximate surface area is 588 Å². The van der Waals surface area contributed by atoms with Crippen LogP contribution in [0.5, 0.6) is 0 Å². The second kappa shape index (κ2) is 30.6. The lowest BCUT2D eigenvalue weighted by molar-refractivity contribution is -0.157. The van der Waals surface area contributed by atoms with Crippen LogP contribution in [0.4, 0.5) is 21.0 Å². The van der Waals surface area contributed by atoms with Crippen molar-refractivity contribution >= 4 is 70.7 Å². The molecular weight excluding hydrogens is 1270 g/mol. The highest BCUT2D eigenvalue weighted by atomic mass is 16.6. The second-order valence-electron chi connectivity index (χ2n) is 30.7. The molecule has 100 heavy (non-hydrogen) atoms. The van der Waals surface area contributed by atoms with Crippen LogP contribution in [0.3, 0.4) is 0 Å². The predicted molar refractivity (Wildman–Crippen MR) is 375 cm³/mol. The maximum Gasteiger partial charge on any atom is 0.410 e. The third-order valence-electron chi connectivity index (χ3n) is 21.7. The van der Waals surface area contributed by atoms with Gasteiger partial charge in [-0.1, -0.05) is 55.4 Å². The van der Waals surface area contributed by atoms with Gasteiger partial charge in [-0.25, -0.2) is 9.59 Å². The number of nitrogens with one attached hydrogen (secondary N) is 2. The Morgan fingerprint density at radius 1 is 0.720 bits per heavy atom. The Balaban J connectivity index is 0.659. The molecule has 2 N–H and O–H groups in total. The number of rotatable bonds is 24. The number of unbranched alkanes of at least 4 members (excludes halogenated alkanes) is 6. The zero-order valence-corrected chi connectivity index (χ0v) is 60.1. The number of hydrogen-bond acceptors (Lipinski definition) is 16. The Morgan fingerprint density at radius 3 is 2.07 bits per heavy atom. The van der Waals surface area contributed by atoms with Gasteiger partial charge in [0.2, 0.25) is 29.5 Å². The van der Waals surface area contributed by atoms with Gasteiger partial charge in [0, 0.05) is 110 Å². The molecule has 9 amide bonds. The maximum atomic E-state index is 15.4. The average Bonchev–Trinajstić information content (AvgIpc) is 1.49. The third-order valence-corrected chi connectivity index (χ3v) is 21.7. The number of amides is 9. The Kier molecular flexibility index (Phi) is 22.4. The molecule has 6 fully saturated rings. The van der Waals surface area contributed by atoms with Crippen molar-refractivity contribution in [3.8, 4) is 11.8 Å². The van der Waals surface area contributed by atoms with Crippen molar-refractivity contribution in [2.45, 2.75) is 217 Å². The summed E-state index contributed by atoms with van der Waals surface area (Å²) < 4.78 is 24.3. The number of imide groups is 2. The van der Waals surface area contributed by atoms with Crippen molar-refractivity contribution in [3.05, 3.63) is 82.0 Å². The zero-order valence-electron chi connectivity index (χ0n) is 60.1. The molecule has 1 spiro atoms. The fourth-order valence-electron chi connectivity index (χ4n) is 16.8. The number of epoxide rings is 1. The largest absolute Gasteiger partial charge is 0.444 e. The molecule has 0 radical (unpaired) electrons. The number of hydrogen-bond donors (Lipinski definition) is 2. The Hall–Kier alpha value is -8.10. The third kappa shape index (κ3) is 15.8. The summed E-state index contributed by atoms with van der Waals surface area (Å²) in [5.41, 5.74) is 5.11. The lowest BCUT2D eigenvalue weighted by Crippen LogP contribution is -2.68. The number of allylic oxidation sites excluding steroid dienone is 4. The number of piperazine rings is 2. The highest BCUT2D eigenvalue weighted by Crippen LogP contribution is 2.73. The molecule has 23 nitrogen and oxygen atoms in total. The summed E-state index contributed by atoms with van der Waals surface area (Å²) in [6.07, 6.45) is 14.5. The molecular formula is C77H103N9O14. The van der Waals surface area contributed by atoms with Crippen molar-refractivity contribution in [2.24, 2.45) is 11.8 Å². The van der Waals surface area contributed by atoms with Gasteiger partial charge >= 0.3 is 12.2 Å². The standard InChI is InChI=1S/C77H103N9O14/c1-10-35-76-36-34-58-55-30-26-51-46-53(87)29-31-54(51)65(55)57(47-77(58,76)100-76)50-24-27-52(28-25-50)80(8)39-20-23-64(89)84-42-40-82(72(95)98-74(2,3)4)49-62(84)70(93)85-43-41-83(73(96)99-75(5,6)7)48-61(85)69(92)81(9)38-16-12-14-18-45-97-44-17-13-11-15-37-78-59-22-19-21-56-66(59)71(94)86(68(56)91)60-32-33-63(88)79-67(60)90/h19,21-22,24-25,27-28,46,55,57-58,60-62,78H,11-18,20,23,26,29-34,36-45,47-49H2,1-9H3,(H,79,88,90)/t55-,57+,58-,60?,61?,62?,76-,77+/m0/s1. The first-order valence-electron chi connectivity index (χ1n) is 36.6. The van der Waals surface area contributed by atoms with E-state index in [9.17, 15) is 43.2 Å². The van der Waals surface area contributed by atoms with Crippen LogP contribution in [-0.4, -0.2) is 215 Å². The first-order valence-corrected chi connectivity index (χ1v) is 36.6. The van der Waals surface area contributed by atoms with Crippen LogP contribution < -0.4 is 15.5 Å². The first kappa shape index (κ1) is 73.1. The quantitative estimate of drug-likeness (QED) is 0.0429. The van der Waals surface area contributed by atoms with E-state index >= 15 is 4.79 Å². The van der Waals surface area contributed by atoms with Crippen LogP contribution in [0.15, 0.2) is 65.3 Å². The molecule has 5 aliphatic heterocycles. The number of ketones is 1. The van der Waals surface area contributed by atoms with E-state index in [1.165, 1.54) is 37.0 Å². The van der Waals surface area contributed by atoms with E-state index in [0.29, 0.717) is 69.6 Å². The zero-order chi connectivity index (χ0) is 71.4. The number of anilines is 2. The average molecular weight is 1380 g/mol. The highest BCUT2D eigenvalue weighted by molar-refractivity contribution is 6.25. The first-order chi connectivity index (χ1) is 47.7. The molecule has 5 heterocycles. The number of benzene rings is 2. The summed E-state index contributed by atoms with van der Waals surface area (Å²) in [7, 11) is 3.71. The van der Waals surface area contributed by atoms with Gasteiger partial charge in [-0.2, -0.15) is 0 Å². The van der Waals surface area contributed by atoms with Crippen LogP contribution in [0.25, 0.3) is 0 Å².